The Morgan fingerprint density at radius 2 is 2.14 bits per heavy atom. The monoisotopic (exact) mass is 292 g/mol. The van der Waals surface area contributed by atoms with Gasteiger partial charge in [-0.1, -0.05) is 12.2 Å². The van der Waals surface area contributed by atoms with Gasteiger partial charge in [-0.15, -0.1) is 0 Å². The van der Waals surface area contributed by atoms with E-state index in [9.17, 15) is 14.0 Å². The summed E-state index contributed by atoms with van der Waals surface area (Å²) in [6.45, 7) is 0.508. The average molecular weight is 292 g/mol. The van der Waals surface area contributed by atoms with E-state index in [-0.39, 0.29) is 11.3 Å². The molecule has 2 rings (SSSR count). The molecule has 0 saturated heterocycles. The molecule has 0 spiro atoms. The van der Waals surface area contributed by atoms with Crippen LogP contribution in [0.5, 0.6) is 0 Å². The topological polar surface area (TPSA) is 78.4 Å². The zero-order valence-electron chi connectivity index (χ0n) is 11.4. The largest absolute Gasteiger partial charge is 0.478 e. The van der Waals surface area contributed by atoms with Crippen LogP contribution in [0.15, 0.2) is 30.4 Å². The van der Waals surface area contributed by atoms with Gasteiger partial charge < -0.3 is 15.7 Å². The van der Waals surface area contributed by atoms with Gasteiger partial charge in [0.05, 0.1) is 11.3 Å². The maximum absolute atomic E-state index is 13.2. The Morgan fingerprint density at radius 3 is 2.81 bits per heavy atom. The minimum Gasteiger partial charge on any atom is -0.478 e. The van der Waals surface area contributed by atoms with Gasteiger partial charge in [0.1, 0.15) is 5.82 Å². The van der Waals surface area contributed by atoms with Gasteiger partial charge in [0.2, 0.25) is 0 Å². The smallest absolute Gasteiger partial charge is 0.337 e. The second-order valence-corrected chi connectivity index (χ2v) is 4.98. The van der Waals surface area contributed by atoms with Crippen LogP contribution in [0, 0.1) is 11.7 Å². The lowest BCUT2D eigenvalue weighted by molar-refractivity contribution is 0.0698. The van der Waals surface area contributed by atoms with Crippen LogP contribution in [0.25, 0.3) is 0 Å². The fourth-order valence-electron chi connectivity index (χ4n) is 2.25. The summed E-state index contributed by atoms with van der Waals surface area (Å²) in [5, 5.41) is 14.1. The number of rotatable bonds is 4. The highest BCUT2D eigenvalue weighted by atomic mass is 19.1. The van der Waals surface area contributed by atoms with Crippen molar-refractivity contribution in [2.24, 2.45) is 5.92 Å². The van der Waals surface area contributed by atoms with Crippen molar-refractivity contribution in [1.82, 2.24) is 5.32 Å². The van der Waals surface area contributed by atoms with Gasteiger partial charge >= 0.3 is 12.0 Å². The van der Waals surface area contributed by atoms with Crippen LogP contribution in [-0.4, -0.2) is 23.7 Å². The predicted molar refractivity (Wildman–Crippen MR) is 76.9 cm³/mol. The maximum Gasteiger partial charge on any atom is 0.337 e. The summed E-state index contributed by atoms with van der Waals surface area (Å²) in [6, 6.07) is 2.63. The van der Waals surface area contributed by atoms with E-state index in [1.807, 2.05) is 0 Å². The molecule has 1 aromatic carbocycles. The number of carboxylic acids is 1. The summed E-state index contributed by atoms with van der Waals surface area (Å²) in [4.78, 5) is 22.8. The average Bonchev–Trinajstić information content (AvgIpc) is 2.46. The highest BCUT2D eigenvalue weighted by molar-refractivity contribution is 5.99. The number of allylic oxidation sites excluding steroid dienone is 2. The van der Waals surface area contributed by atoms with E-state index < -0.39 is 17.8 Å². The van der Waals surface area contributed by atoms with Gasteiger partial charge in [0.15, 0.2) is 0 Å². The molecule has 0 heterocycles. The molecule has 3 N–H and O–H groups in total. The van der Waals surface area contributed by atoms with E-state index in [2.05, 4.69) is 22.8 Å². The molecule has 0 aliphatic heterocycles. The predicted octanol–water partition coefficient (Wildman–Crippen LogP) is 3.00. The SMILES string of the molecule is O=C(NCC1CC=CCC1)Nc1cc(F)ccc1C(=O)O. The van der Waals surface area contributed by atoms with Gasteiger partial charge in [0.25, 0.3) is 0 Å². The number of benzene rings is 1. The number of nitrogens with one attached hydrogen (secondary N) is 2. The van der Waals surface area contributed by atoms with E-state index in [0.717, 1.165) is 37.5 Å². The van der Waals surface area contributed by atoms with Crippen molar-refractivity contribution in [1.29, 1.82) is 0 Å². The second kappa shape index (κ2) is 6.88. The Bertz CT molecular complexity index is 572. The van der Waals surface area contributed by atoms with Crippen molar-refractivity contribution in [2.45, 2.75) is 19.3 Å². The van der Waals surface area contributed by atoms with Crippen molar-refractivity contribution in [3.63, 3.8) is 0 Å². The van der Waals surface area contributed by atoms with Crippen molar-refractivity contribution in [2.75, 3.05) is 11.9 Å². The van der Waals surface area contributed by atoms with E-state index >= 15 is 0 Å². The fourth-order valence-corrected chi connectivity index (χ4v) is 2.25. The molecule has 21 heavy (non-hydrogen) atoms. The lowest BCUT2D eigenvalue weighted by Gasteiger charge is -2.18. The Kier molecular flexibility index (Phi) is 4.92. The van der Waals surface area contributed by atoms with Crippen molar-refractivity contribution in [3.05, 3.63) is 41.7 Å². The second-order valence-electron chi connectivity index (χ2n) is 4.98. The first-order chi connectivity index (χ1) is 10.1. The third kappa shape index (κ3) is 4.30. The molecule has 2 amide bonds. The van der Waals surface area contributed by atoms with Crippen LogP contribution in [0.2, 0.25) is 0 Å². The van der Waals surface area contributed by atoms with Gasteiger partial charge in [-0.25, -0.2) is 14.0 Å². The van der Waals surface area contributed by atoms with Crippen LogP contribution in [0.4, 0.5) is 14.9 Å². The summed E-state index contributed by atoms with van der Waals surface area (Å²) >= 11 is 0. The fraction of sp³-hybridized carbons (Fsp3) is 0.333. The number of amides is 2. The number of carbonyl (C=O) groups is 2. The summed E-state index contributed by atoms with van der Waals surface area (Å²) in [7, 11) is 0. The maximum atomic E-state index is 13.2. The minimum absolute atomic E-state index is 0.0523. The molecule has 112 valence electrons. The molecule has 5 nitrogen and oxygen atoms in total. The number of halogens is 1. The van der Waals surface area contributed by atoms with Crippen molar-refractivity contribution < 1.29 is 19.1 Å². The first kappa shape index (κ1) is 15.0. The Hall–Kier alpha value is -2.37. The number of hydrogen-bond acceptors (Lipinski definition) is 2. The Morgan fingerprint density at radius 1 is 1.33 bits per heavy atom. The Balaban J connectivity index is 1.94. The lowest BCUT2D eigenvalue weighted by Crippen LogP contribution is -2.33. The molecule has 6 heteroatoms. The van der Waals surface area contributed by atoms with Crippen LogP contribution >= 0.6 is 0 Å². The molecule has 0 radical (unpaired) electrons. The number of aromatic carboxylic acids is 1. The first-order valence-corrected chi connectivity index (χ1v) is 6.79. The Labute approximate surface area is 121 Å². The molecule has 0 saturated carbocycles. The lowest BCUT2D eigenvalue weighted by atomic mass is 9.94. The molecule has 0 bridgehead atoms. The van der Waals surface area contributed by atoms with E-state index in [4.69, 9.17) is 5.11 Å². The molecule has 1 aromatic rings. The molecule has 0 fully saturated rings. The van der Waals surface area contributed by atoms with Gasteiger partial charge in [-0.3, -0.25) is 0 Å². The first-order valence-electron chi connectivity index (χ1n) is 6.79. The highest BCUT2D eigenvalue weighted by Gasteiger charge is 2.15. The zero-order chi connectivity index (χ0) is 15.2. The highest BCUT2D eigenvalue weighted by Crippen LogP contribution is 2.18. The third-order valence-corrected chi connectivity index (χ3v) is 3.39. The molecule has 1 unspecified atom stereocenters. The van der Waals surface area contributed by atoms with Gasteiger partial charge in [-0.2, -0.15) is 0 Å². The number of anilines is 1. The molecular formula is C15H17FN2O3. The van der Waals surface area contributed by atoms with E-state index in [1.165, 1.54) is 0 Å². The molecule has 1 aliphatic carbocycles. The quantitative estimate of drug-likeness (QED) is 0.746. The molecular weight excluding hydrogens is 275 g/mol. The molecule has 1 aliphatic rings. The normalized spacial score (nSPS) is 17.3. The van der Waals surface area contributed by atoms with Crippen LogP contribution in [0.3, 0.4) is 0 Å². The summed E-state index contributed by atoms with van der Waals surface area (Å²) in [6.07, 6.45) is 7.13. The van der Waals surface area contributed by atoms with E-state index in [0.29, 0.717) is 12.5 Å². The third-order valence-electron chi connectivity index (χ3n) is 3.39. The van der Waals surface area contributed by atoms with Crippen LogP contribution in [-0.2, 0) is 0 Å². The number of hydrogen-bond donors (Lipinski definition) is 3. The molecule has 0 aromatic heterocycles. The zero-order valence-corrected chi connectivity index (χ0v) is 11.4. The van der Waals surface area contributed by atoms with E-state index in [1.54, 1.807) is 0 Å². The van der Waals surface area contributed by atoms with Crippen LogP contribution < -0.4 is 10.6 Å². The van der Waals surface area contributed by atoms with Crippen molar-refractivity contribution >= 4 is 17.7 Å². The summed E-state index contributed by atoms with van der Waals surface area (Å²) in [5.41, 5.74) is -0.198. The standard InChI is InChI=1S/C15H17FN2O3/c16-11-6-7-12(14(19)20)13(8-11)18-15(21)17-9-10-4-2-1-3-5-10/h1-2,6-8,10H,3-5,9H2,(H,19,20)(H2,17,18,21). The van der Waals surface area contributed by atoms with Crippen molar-refractivity contribution in [3.8, 4) is 0 Å². The number of urea groups is 1. The number of carbonyl (C=O) groups excluding carboxylic acids is 1. The molecule has 1 atom stereocenters. The summed E-state index contributed by atoms with van der Waals surface area (Å²) in [5.74, 6) is -1.44. The van der Waals surface area contributed by atoms with Gasteiger partial charge in [0, 0.05) is 6.54 Å². The van der Waals surface area contributed by atoms with Crippen LogP contribution in [0.1, 0.15) is 29.6 Å². The summed E-state index contributed by atoms with van der Waals surface area (Å²) < 4.78 is 13.2. The minimum atomic E-state index is -1.22. The number of carboxylic acid groups (broad SMARTS) is 1. The van der Waals surface area contributed by atoms with Gasteiger partial charge in [-0.05, 0) is 43.4 Å².